The minimum atomic E-state index is 0.749. The first-order valence-corrected chi connectivity index (χ1v) is 5.57. The standard InChI is InChI=1S/C9H18N2S/c1-4-7(5-2)8-6-11-9(10-3)12-8/h7-8H,4-6H2,1-3H3,(H,10,11). The second-order valence-corrected chi connectivity index (χ2v) is 4.37. The van der Waals surface area contributed by atoms with E-state index in [2.05, 4.69) is 24.2 Å². The lowest BCUT2D eigenvalue weighted by Crippen LogP contribution is -2.21. The molecule has 12 heavy (non-hydrogen) atoms. The average Bonchev–Trinajstić information content (AvgIpc) is 2.55. The number of thioether (sulfide) groups is 1. The number of aliphatic imine (C=N–C) groups is 1. The van der Waals surface area contributed by atoms with Crippen molar-refractivity contribution < 1.29 is 0 Å². The van der Waals surface area contributed by atoms with E-state index in [1.807, 2.05) is 18.8 Å². The molecule has 1 heterocycles. The molecule has 0 bridgehead atoms. The summed E-state index contributed by atoms with van der Waals surface area (Å²) in [5, 5.41) is 5.18. The van der Waals surface area contributed by atoms with Crippen LogP contribution < -0.4 is 5.32 Å². The first-order valence-electron chi connectivity index (χ1n) is 4.69. The Morgan fingerprint density at radius 2 is 2.25 bits per heavy atom. The maximum absolute atomic E-state index is 4.16. The van der Waals surface area contributed by atoms with E-state index in [1.165, 1.54) is 12.8 Å². The zero-order valence-electron chi connectivity index (χ0n) is 8.13. The smallest absolute Gasteiger partial charge is 0.156 e. The SMILES string of the molecule is CCC(CC)C1CNC(=NC)S1. The van der Waals surface area contributed by atoms with Gasteiger partial charge in [-0.3, -0.25) is 4.99 Å². The number of nitrogens with one attached hydrogen (secondary N) is 1. The molecule has 2 nitrogen and oxygen atoms in total. The highest BCUT2D eigenvalue weighted by Crippen LogP contribution is 2.28. The van der Waals surface area contributed by atoms with E-state index in [-0.39, 0.29) is 0 Å². The highest BCUT2D eigenvalue weighted by atomic mass is 32.2. The number of hydrogen-bond acceptors (Lipinski definition) is 2. The van der Waals surface area contributed by atoms with Gasteiger partial charge in [-0.05, 0) is 5.92 Å². The first kappa shape index (κ1) is 9.90. The van der Waals surface area contributed by atoms with Gasteiger partial charge in [-0.1, -0.05) is 38.5 Å². The molecule has 3 heteroatoms. The second kappa shape index (κ2) is 4.75. The molecular weight excluding hydrogens is 168 g/mol. The minimum absolute atomic E-state index is 0.749. The Morgan fingerprint density at radius 3 is 2.67 bits per heavy atom. The minimum Gasteiger partial charge on any atom is -0.364 e. The summed E-state index contributed by atoms with van der Waals surface area (Å²) >= 11 is 1.91. The van der Waals surface area contributed by atoms with E-state index in [0.29, 0.717) is 0 Å². The molecule has 0 aromatic heterocycles. The van der Waals surface area contributed by atoms with Crippen LogP contribution in [0.2, 0.25) is 0 Å². The lowest BCUT2D eigenvalue weighted by molar-refractivity contribution is 0.473. The van der Waals surface area contributed by atoms with Crippen LogP contribution in [0.4, 0.5) is 0 Å². The summed E-state index contributed by atoms with van der Waals surface area (Å²) in [5.74, 6) is 0.849. The van der Waals surface area contributed by atoms with Crippen LogP contribution in [0.15, 0.2) is 4.99 Å². The third-order valence-corrected chi connectivity index (χ3v) is 3.90. The molecule has 0 amide bonds. The van der Waals surface area contributed by atoms with Crippen molar-refractivity contribution in [2.24, 2.45) is 10.9 Å². The number of amidine groups is 1. The molecule has 1 fully saturated rings. The van der Waals surface area contributed by atoms with E-state index in [0.717, 1.165) is 22.9 Å². The van der Waals surface area contributed by atoms with Gasteiger partial charge < -0.3 is 5.32 Å². The fourth-order valence-electron chi connectivity index (χ4n) is 1.62. The third-order valence-electron chi connectivity index (χ3n) is 2.50. The molecule has 1 rings (SSSR count). The molecule has 0 aliphatic carbocycles. The van der Waals surface area contributed by atoms with Crippen LogP contribution in [0.5, 0.6) is 0 Å². The van der Waals surface area contributed by atoms with Crippen LogP contribution in [-0.2, 0) is 0 Å². The van der Waals surface area contributed by atoms with E-state index in [9.17, 15) is 0 Å². The summed E-state index contributed by atoms with van der Waals surface area (Å²) in [4.78, 5) is 4.16. The van der Waals surface area contributed by atoms with Crippen LogP contribution in [0.1, 0.15) is 26.7 Å². The Hall–Kier alpha value is -0.180. The van der Waals surface area contributed by atoms with Crippen molar-refractivity contribution in [3.05, 3.63) is 0 Å². The molecule has 0 aromatic rings. The molecule has 1 aliphatic heterocycles. The highest BCUT2D eigenvalue weighted by molar-refractivity contribution is 8.14. The van der Waals surface area contributed by atoms with Crippen molar-refractivity contribution in [1.29, 1.82) is 0 Å². The van der Waals surface area contributed by atoms with Gasteiger partial charge in [0, 0.05) is 18.8 Å². The van der Waals surface area contributed by atoms with Gasteiger partial charge in [0.2, 0.25) is 0 Å². The fourth-order valence-corrected chi connectivity index (χ4v) is 2.93. The van der Waals surface area contributed by atoms with Gasteiger partial charge in [-0.15, -0.1) is 0 Å². The van der Waals surface area contributed by atoms with E-state index in [1.54, 1.807) is 0 Å². The van der Waals surface area contributed by atoms with Crippen LogP contribution in [-0.4, -0.2) is 24.0 Å². The Bertz CT molecular complexity index is 164. The van der Waals surface area contributed by atoms with Crippen molar-refractivity contribution in [3.8, 4) is 0 Å². The van der Waals surface area contributed by atoms with Gasteiger partial charge in [0.05, 0.1) is 0 Å². The number of hydrogen-bond donors (Lipinski definition) is 1. The average molecular weight is 186 g/mol. The molecule has 0 spiro atoms. The summed E-state index contributed by atoms with van der Waals surface area (Å²) in [6, 6.07) is 0. The van der Waals surface area contributed by atoms with E-state index < -0.39 is 0 Å². The van der Waals surface area contributed by atoms with E-state index >= 15 is 0 Å². The third kappa shape index (κ3) is 2.16. The van der Waals surface area contributed by atoms with Crippen LogP contribution in [0.25, 0.3) is 0 Å². The molecule has 70 valence electrons. The summed E-state index contributed by atoms with van der Waals surface area (Å²) in [6.45, 7) is 5.65. The van der Waals surface area contributed by atoms with Crippen LogP contribution >= 0.6 is 11.8 Å². The largest absolute Gasteiger partial charge is 0.364 e. The zero-order chi connectivity index (χ0) is 8.97. The molecule has 1 aliphatic rings. The van der Waals surface area contributed by atoms with Gasteiger partial charge in [0.25, 0.3) is 0 Å². The first-order chi connectivity index (χ1) is 5.81. The summed E-state index contributed by atoms with van der Waals surface area (Å²) < 4.78 is 0. The molecule has 1 N–H and O–H groups in total. The molecule has 1 unspecified atom stereocenters. The fraction of sp³-hybridized carbons (Fsp3) is 0.889. The maximum Gasteiger partial charge on any atom is 0.156 e. The normalized spacial score (nSPS) is 26.7. The predicted molar refractivity (Wildman–Crippen MR) is 56.8 cm³/mol. The zero-order valence-corrected chi connectivity index (χ0v) is 8.95. The van der Waals surface area contributed by atoms with Crippen molar-refractivity contribution in [2.75, 3.05) is 13.6 Å². The number of rotatable bonds is 3. The second-order valence-electron chi connectivity index (χ2n) is 3.14. The Kier molecular flexibility index (Phi) is 3.92. The summed E-state index contributed by atoms with van der Waals surface area (Å²) in [7, 11) is 1.85. The molecule has 1 atom stereocenters. The molecule has 0 saturated carbocycles. The van der Waals surface area contributed by atoms with Crippen molar-refractivity contribution in [1.82, 2.24) is 5.32 Å². The molecule has 1 saturated heterocycles. The quantitative estimate of drug-likeness (QED) is 0.730. The van der Waals surface area contributed by atoms with Gasteiger partial charge in [-0.2, -0.15) is 0 Å². The molecule has 0 aromatic carbocycles. The highest BCUT2D eigenvalue weighted by Gasteiger charge is 2.26. The van der Waals surface area contributed by atoms with Crippen molar-refractivity contribution in [2.45, 2.75) is 31.9 Å². The van der Waals surface area contributed by atoms with Gasteiger partial charge in [0.1, 0.15) is 0 Å². The van der Waals surface area contributed by atoms with Gasteiger partial charge in [0.15, 0.2) is 5.17 Å². The van der Waals surface area contributed by atoms with Crippen LogP contribution in [0.3, 0.4) is 0 Å². The Morgan fingerprint density at radius 1 is 1.58 bits per heavy atom. The summed E-state index contributed by atoms with van der Waals surface area (Å²) in [5.41, 5.74) is 0. The molecule has 0 radical (unpaired) electrons. The Balaban J connectivity index is 2.44. The number of nitrogens with zero attached hydrogens (tertiary/aromatic N) is 1. The van der Waals surface area contributed by atoms with Crippen molar-refractivity contribution in [3.63, 3.8) is 0 Å². The van der Waals surface area contributed by atoms with Gasteiger partial charge in [-0.25, -0.2) is 0 Å². The predicted octanol–water partition coefficient (Wildman–Crippen LogP) is 2.11. The van der Waals surface area contributed by atoms with Gasteiger partial charge >= 0.3 is 0 Å². The topological polar surface area (TPSA) is 24.4 Å². The maximum atomic E-state index is 4.16. The summed E-state index contributed by atoms with van der Waals surface area (Å²) in [6.07, 6.45) is 2.57. The lowest BCUT2D eigenvalue weighted by atomic mass is 9.99. The van der Waals surface area contributed by atoms with E-state index in [4.69, 9.17) is 0 Å². The monoisotopic (exact) mass is 186 g/mol. The molecular formula is C9H18N2S. The lowest BCUT2D eigenvalue weighted by Gasteiger charge is -2.17. The van der Waals surface area contributed by atoms with Crippen LogP contribution in [0, 0.1) is 5.92 Å². The Labute approximate surface area is 79.2 Å². The van der Waals surface area contributed by atoms with Crippen molar-refractivity contribution >= 4 is 16.9 Å².